The number of thioether (sulfide) groups is 1. The molecule has 0 aliphatic heterocycles. The van der Waals surface area contributed by atoms with Crippen molar-refractivity contribution in [3.8, 4) is 17.0 Å². The van der Waals surface area contributed by atoms with E-state index in [-0.39, 0.29) is 6.61 Å². The van der Waals surface area contributed by atoms with Gasteiger partial charge in [0.25, 0.3) is 0 Å². The molecule has 4 nitrogen and oxygen atoms in total. The molecule has 2 aromatic heterocycles. The van der Waals surface area contributed by atoms with Crippen molar-refractivity contribution in [1.29, 1.82) is 0 Å². The summed E-state index contributed by atoms with van der Waals surface area (Å²) in [6.07, 6.45) is 1.43. The van der Waals surface area contributed by atoms with Crippen LogP contribution >= 0.6 is 11.8 Å². The monoisotopic (exact) mass is 362 g/mol. The van der Waals surface area contributed by atoms with Gasteiger partial charge in [-0.25, -0.2) is 13.8 Å². The molecule has 0 N–H and O–H groups in total. The zero-order valence-corrected chi connectivity index (χ0v) is 14.5. The molecular weight excluding hydrogens is 346 g/mol. The van der Waals surface area contributed by atoms with Crippen LogP contribution in [0.1, 0.15) is 19.6 Å². The molecule has 0 atom stereocenters. The van der Waals surface area contributed by atoms with Crippen molar-refractivity contribution in [2.75, 3.05) is 0 Å². The fourth-order valence-corrected chi connectivity index (χ4v) is 2.98. The lowest BCUT2D eigenvalue weighted by Gasteiger charge is -2.10. The van der Waals surface area contributed by atoms with Crippen molar-refractivity contribution in [2.45, 2.75) is 30.7 Å². The fourth-order valence-electron chi connectivity index (χ4n) is 2.19. The highest BCUT2D eigenvalue weighted by molar-refractivity contribution is 7.99. The van der Waals surface area contributed by atoms with Gasteiger partial charge >= 0.3 is 0 Å². The maximum atomic E-state index is 14.3. The van der Waals surface area contributed by atoms with Gasteiger partial charge < -0.3 is 9.26 Å². The summed E-state index contributed by atoms with van der Waals surface area (Å²) in [6.45, 7) is 4.00. The Labute approximate surface area is 148 Å². The molecule has 0 unspecified atom stereocenters. The summed E-state index contributed by atoms with van der Waals surface area (Å²) in [5.41, 5.74) is 0.860. The molecule has 130 valence electrons. The van der Waals surface area contributed by atoms with Crippen LogP contribution in [0, 0.1) is 11.6 Å². The normalized spacial score (nSPS) is 11.1. The first-order chi connectivity index (χ1) is 12.0. The lowest BCUT2D eigenvalue weighted by Crippen LogP contribution is -2.00. The van der Waals surface area contributed by atoms with Crippen LogP contribution in [-0.4, -0.2) is 15.4 Å². The van der Waals surface area contributed by atoms with E-state index in [9.17, 15) is 8.78 Å². The fraction of sp³-hybridized carbons (Fsp3) is 0.222. The van der Waals surface area contributed by atoms with Crippen LogP contribution in [0.5, 0.6) is 5.75 Å². The van der Waals surface area contributed by atoms with Crippen molar-refractivity contribution in [1.82, 2.24) is 10.1 Å². The van der Waals surface area contributed by atoms with Crippen LogP contribution in [0.3, 0.4) is 0 Å². The molecule has 2 heterocycles. The van der Waals surface area contributed by atoms with Crippen LogP contribution < -0.4 is 4.74 Å². The highest BCUT2D eigenvalue weighted by Gasteiger charge is 2.15. The van der Waals surface area contributed by atoms with Crippen LogP contribution in [0.25, 0.3) is 11.3 Å². The molecular formula is C18H16F2N2O2S. The molecule has 0 saturated carbocycles. The number of aromatic nitrogens is 2. The zero-order valence-electron chi connectivity index (χ0n) is 13.7. The molecule has 0 radical (unpaired) electrons. The van der Waals surface area contributed by atoms with E-state index in [1.165, 1.54) is 18.3 Å². The number of rotatable bonds is 6. The van der Waals surface area contributed by atoms with Gasteiger partial charge in [0.15, 0.2) is 23.1 Å². The molecule has 25 heavy (non-hydrogen) atoms. The molecule has 0 aliphatic carbocycles. The molecule has 0 bridgehead atoms. The van der Waals surface area contributed by atoms with Gasteiger partial charge in [-0.3, -0.25) is 0 Å². The molecule has 3 rings (SSSR count). The number of ether oxygens (including phenoxy) is 1. The average molecular weight is 362 g/mol. The largest absolute Gasteiger partial charge is 0.479 e. The van der Waals surface area contributed by atoms with Gasteiger partial charge in [-0.2, -0.15) is 0 Å². The SMILES string of the molecule is CC(C)Sc1cccc(-c2cc(F)c(OCc3ccno3)c(F)c2)n1. The van der Waals surface area contributed by atoms with E-state index in [1.807, 2.05) is 12.1 Å². The summed E-state index contributed by atoms with van der Waals surface area (Å²) >= 11 is 1.59. The Morgan fingerprint density at radius 3 is 2.56 bits per heavy atom. The zero-order chi connectivity index (χ0) is 17.8. The first-order valence-electron chi connectivity index (χ1n) is 7.68. The quantitative estimate of drug-likeness (QED) is 0.571. The first-order valence-corrected chi connectivity index (χ1v) is 8.56. The minimum atomic E-state index is -0.793. The van der Waals surface area contributed by atoms with E-state index >= 15 is 0 Å². The number of nitrogens with zero attached hydrogens (tertiary/aromatic N) is 2. The second-order valence-electron chi connectivity index (χ2n) is 5.56. The number of hydrogen-bond acceptors (Lipinski definition) is 5. The number of pyridine rings is 1. The Balaban J connectivity index is 1.84. The average Bonchev–Trinajstić information content (AvgIpc) is 3.07. The summed E-state index contributed by atoms with van der Waals surface area (Å²) in [6, 6.07) is 9.39. The minimum absolute atomic E-state index is 0.105. The standard InChI is InChI=1S/C18H16F2N2O2S/c1-11(2)25-17-5-3-4-16(22-17)12-8-14(19)18(15(20)9-12)23-10-13-6-7-21-24-13/h3-9,11H,10H2,1-2H3. The van der Waals surface area contributed by atoms with Crippen LogP contribution in [-0.2, 0) is 6.61 Å². The molecule has 0 spiro atoms. The Bertz CT molecular complexity index is 831. The minimum Gasteiger partial charge on any atom is -0.479 e. The van der Waals surface area contributed by atoms with Gasteiger partial charge in [0.05, 0.1) is 16.9 Å². The summed E-state index contributed by atoms with van der Waals surface area (Å²) in [5, 5.41) is 4.68. The third-order valence-electron chi connectivity index (χ3n) is 3.22. The number of hydrogen-bond donors (Lipinski definition) is 0. The lowest BCUT2D eigenvalue weighted by atomic mass is 10.1. The topological polar surface area (TPSA) is 48.2 Å². The van der Waals surface area contributed by atoms with E-state index in [0.29, 0.717) is 22.3 Å². The van der Waals surface area contributed by atoms with Crippen molar-refractivity contribution in [3.63, 3.8) is 0 Å². The van der Waals surface area contributed by atoms with Gasteiger partial charge in [-0.1, -0.05) is 25.1 Å². The lowest BCUT2D eigenvalue weighted by molar-refractivity contribution is 0.230. The molecule has 7 heteroatoms. The third-order valence-corrected chi connectivity index (χ3v) is 4.16. The highest BCUT2D eigenvalue weighted by atomic mass is 32.2. The summed E-state index contributed by atoms with van der Waals surface area (Å²) in [4.78, 5) is 4.45. The molecule has 0 saturated heterocycles. The Morgan fingerprint density at radius 1 is 1.16 bits per heavy atom. The molecule has 0 amide bonds. The van der Waals surface area contributed by atoms with Gasteiger partial charge in [-0.15, -0.1) is 11.8 Å². The summed E-state index contributed by atoms with van der Waals surface area (Å²) < 4.78 is 38.6. The summed E-state index contributed by atoms with van der Waals surface area (Å²) in [7, 11) is 0. The van der Waals surface area contributed by atoms with Crippen molar-refractivity contribution >= 4 is 11.8 Å². The maximum absolute atomic E-state index is 14.3. The predicted octanol–water partition coefficient (Wildman–Crippen LogP) is 5.09. The van der Waals surface area contributed by atoms with E-state index < -0.39 is 17.4 Å². The summed E-state index contributed by atoms with van der Waals surface area (Å²) in [5.74, 6) is -1.66. The predicted molar refractivity (Wildman–Crippen MR) is 91.4 cm³/mol. The second kappa shape index (κ2) is 7.65. The van der Waals surface area contributed by atoms with Crippen LogP contribution in [0.4, 0.5) is 8.78 Å². The Hall–Kier alpha value is -2.41. The van der Waals surface area contributed by atoms with Gasteiger partial charge in [0.1, 0.15) is 6.61 Å². The smallest absolute Gasteiger partial charge is 0.191 e. The molecule has 3 aromatic rings. The molecule has 1 aromatic carbocycles. The Morgan fingerprint density at radius 2 is 1.92 bits per heavy atom. The van der Waals surface area contributed by atoms with Gasteiger partial charge in [0.2, 0.25) is 0 Å². The van der Waals surface area contributed by atoms with E-state index in [4.69, 9.17) is 9.26 Å². The van der Waals surface area contributed by atoms with Crippen LogP contribution in [0.15, 0.2) is 52.1 Å². The van der Waals surface area contributed by atoms with E-state index in [2.05, 4.69) is 24.0 Å². The van der Waals surface area contributed by atoms with Crippen LogP contribution in [0.2, 0.25) is 0 Å². The first kappa shape index (κ1) is 17.4. The number of benzene rings is 1. The molecule has 0 aliphatic rings. The second-order valence-corrected chi connectivity index (χ2v) is 7.16. The van der Waals surface area contributed by atoms with Crippen molar-refractivity contribution in [2.24, 2.45) is 0 Å². The van der Waals surface area contributed by atoms with E-state index in [0.717, 1.165) is 5.03 Å². The highest BCUT2D eigenvalue weighted by Crippen LogP contribution is 2.30. The van der Waals surface area contributed by atoms with Crippen molar-refractivity contribution < 1.29 is 18.0 Å². The molecule has 0 fully saturated rings. The van der Waals surface area contributed by atoms with Crippen molar-refractivity contribution in [3.05, 3.63) is 60.0 Å². The van der Waals surface area contributed by atoms with E-state index in [1.54, 1.807) is 23.9 Å². The van der Waals surface area contributed by atoms with Gasteiger partial charge in [-0.05, 0) is 24.3 Å². The Kier molecular flexibility index (Phi) is 5.33. The van der Waals surface area contributed by atoms with Gasteiger partial charge in [0, 0.05) is 16.9 Å². The maximum Gasteiger partial charge on any atom is 0.191 e. The number of halogens is 2. The third kappa shape index (κ3) is 4.36.